The van der Waals surface area contributed by atoms with Crippen LogP contribution in [0.25, 0.3) is 0 Å². The van der Waals surface area contributed by atoms with Gasteiger partial charge in [0.15, 0.2) is 6.79 Å². The van der Waals surface area contributed by atoms with Gasteiger partial charge in [0.25, 0.3) is 0 Å². The molecule has 3 aromatic rings. The van der Waals surface area contributed by atoms with Crippen molar-refractivity contribution in [3.63, 3.8) is 0 Å². The molecule has 1 heterocycles. The van der Waals surface area contributed by atoms with Crippen molar-refractivity contribution < 1.29 is 33.5 Å². The van der Waals surface area contributed by atoms with Crippen LogP contribution in [0.1, 0.15) is 48.8 Å². The molecule has 1 N–H and O–H groups in total. The van der Waals surface area contributed by atoms with E-state index in [9.17, 15) is 0 Å². The minimum atomic E-state index is -0.500. The highest BCUT2D eigenvalue weighted by molar-refractivity contribution is 5.49. The standard InChI is InChI=1S/C32H40O7/c1-32(24-11-15-26(16-12-24)38-22-34-2)29(28-18-17-27(35-3)21-30(28)39-31(32)36-4)8-6-20-37-25-13-9-23(10-14-25)7-5-19-33/h9-18,21,29,31,33H,5-8,19-20,22H2,1-4H3. The topological polar surface area (TPSA) is 75.6 Å². The zero-order valence-electron chi connectivity index (χ0n) is 23.4. The minimum absolute atomic E-state index is 0.104. The number of ether oxygens (including phenoxy) is 6. The summed E-state index contributed by atoms with van der Waals surface area (Å²) in [6.45, 7) is 3.20. The summed E-state index contributed by atoms with van der Waals surface area (Å²) in [4.78, 5) is 0. The molecule has 4 rings (SSSR count). The highest BCUT2D eigenvalue weighted by Gasteiger charge is 2.49. The second-order valence-electron chi connectivity index (χ2n) is 9.96. The third-order valence-corrected chi connectivity index (χ3v) is 7.53. The maximum Gasteiger partial charge on any atom is 0.209 e. The third kappa shape index (κ3) is 6.67. The van der Waals surface area contributed by atoms with Crippen molar-refractivity contribution in [3.8, 4) is 23.0 Å². The van der Waals surface area contributed by atoms with Gasteiger partial charge in [0, 0.05) is 32.8 Å². The zero-order valence-corrected chi connectivity index (χ0v) is 23.4. The van der Waals surface area contributed by atoms with Crippen LogP contribution in [0.15, 0.2) is 66.7 Å². The van der Waals surface area contributed by atoms with Gasteiger partial charge in [-0.3, -0.25) is 0 Å². The van der Waals surface area contributed by atoms with Gasteiger partial charge in [0.1, 0.15) is 23.0 Å². The Bertz CT molecular complexity index is 1160. The third-order valence-electron chi connectivity index (χ3n) is 7.53. The smallest absolute Gasteiger partial charge is 0.209 e. The summed E-state index contributed by atoms with van der Waals surface area (Å²) < 4.78 is 34.6. The highest BCUT2D eigenvalue weighted by atomic mass is 16.7. The van der Waals surface area contributed by atoms with E-state index in [1.807, 2.05) is 36.4 Å². The Balaban J connectivity index is 1.55. The number of aliphatic hydroxyl groups excluding tert-OH is 1. The van der Waals surface area contributed by atoms with E-state index in [1.54, 1.807) is 21.3 Å². The molecule has 0 saturated carbocycles. The minimum Gasteiger partial charge on any atom is -0.497 e. The molecule has 39 heavy (non-hydrogen) atoms. The van der Waals surface area contributed by atoms with Crippen LogP contribution in [-0.2, 0) is 21.3 Å². The molecule has 0 saturated heterocycles. The number of fused-ring (bicyclic) bond motifs is 1. The number of rotatable bonds is 14. The molecule has 0 amide bonds. The number of aliphatic hydroxyl groups is 1. The molecule has 0 radical (unpaired) electrons. The maximum absolute atomic E-state index is 9.05. The van der Waals surface area contributed by atoms with Gasteiger partial charge in [0.05, 0.1) is 19.1 Å². The predicted octanol–water partition coefficient (Wildman–Crippen LogP) is 5.87. The molecule has 0 aromatic heterocycles. The predicted molar refractivity (Wildman–Crippen MR) is 150 cm³/mol. The normalized spacial score (nSPS) is 20.1. The van der Waals surface area contributed by atoms with Crippen LogP contribution in [-0.4, -0.2) is 52.7 Å². The first-order chi connectivity index (χ1) is 19.0. The second-order valence-corrected chi connectivity index (χ2v) is 9.96. The Kier molecular flexibility index (Phi) is 10.1. The molecule has 0 aliphatic carbocycles. The van der Waals surface area contributed by atoms with Gasteiger partial charge in [-0.05, 0) is 79.6 Å². The first-order valence-corrected chi connectivity index (χ1v) is 13.5. The first-order valence-electron chi connectivity index (χ1n) is 13.5. The Morgan fingerprint density at radius 3 is 2.21 bits per heavy atom. The van der Waals surface area contributed by atoms with E-state index in [-0.39, 0.29) is 19.3 Å². The molecule has 3 aromatic carbocycles. The molecule has 3 atom stereocenters. The van der Waals surface area contributed by atoms with E-state index >= 15 is 0 Å². The van der Waals surface area contributed by atoms with Gasteiger partial charge in [-0.15, -0.1) is 0 Å². The number of hydrogen-bond acceptors (Lipinski definition) is 7. The quantitative estimate of drug-likeness (QED) is 0.204. The van der Waals surface area contributed by atoms with Gasteiger partial charge in [0.2, 0.25) is 6.29 Å². The van der Waals surface area contributed by atoms with Crippen molar-refractivity contribution in [2.75, 3.05) is 41.3 Å². The first kappa shape index (κ1) is 28.7. The number of aryl methyl sites for hydroxylation is 1. The molecule has 7 nitrogen and oxygen atoms in total. The van der Waals surface area contributed by atoms with E-state index in [2.05, 4.69) is 37.3 Å². The second kappa shape index (κ2) is 13.7. The van der Waals surface area contributed by atoms with Crippen molar-refractivity contribution in [2.45, 2.75) is 50.2 Å². The molecule has 1 aliphatic heterocycles. The lowest BCUT2D eigenvalue weighted by atomic mass is 9.65. The zero-order chi connectivity index (χ0) is 27.7. The largest absolute Gasteiger partial charge is 0.497 e. The Morgan fingerprint density at radius 2 is 1.54 bits per heavy atom. The molecule has 0 fully saturated rings. The summed E-state index contributed by atoms with van der Waals surface area (Å²) in [5.74, 6) is 3.23. The molecule has 1 aliphatic rings. The molecule has 0 bridgehead atoms. The van der Waals surface area contributed by atoms with Crippen LogP contribution in [0, 0.1) is 0 Å². The van der Waals surface area contributed by atoms with Crippen LogP contribution >= 0.6 is 0 Å². The van der Waals surface area contributed by atoms with Gasteiger partial charge in [-0.2, -0.15) is 0 Å². The lowest BCUT2D eigenvalue weighted by Crippen LogP contribution is -2.49. The van der Waals surface area contributed by atoms with E-state index in [0.29, 0.717) is 6.61 Å². The van der Waals surface area contributed by atoms with E-state index in [0.717, 1.165) is 59.8 Å². The van der Waals surface area contributed by atoms with Crippen molar-refractivity contribution in [2.24, 2.45) is 0 Å². The van der Waals surface area contributed by atoms with Crippen molar-refractivity contribution in [1.82, 2.24) is 0 Å². The average Bonchev–Trinajstić information content (AvgIpc) is 2.98. The molecule has 210 valence electrons. The van der Waals surface area contributed by atoms with Crippen molar-refractivity contribution in [1.29, 1.82) is 0 Å². The van der Waals surface area contributed by atoms with Crippen molar-refractivity contribution >= 4 is 0 Å². The average molecular weight is 537 g/mol. The summed E-state index contributed by atoms with van der Waals surface area (Å²) in [7, 11) is 4.95. The molecular formula is C32H40O7. The Labute approximate surface area is 231 Å². The Morgan fingerprint density at radius 1 is 0.846 bits per heavy atom. The van der Waals surface area contributed by atoms with E-state index < -0.39 is 11.7 Å². The fourth-order valence-electron chi connectivity index (χ4n) is 5.39. The summed E-state index contributed by atoms with van der Waals surface area (Å²) in [5, 5.41) is 9.05. The van der Waals surface area contributed by atoms with Gasteiger partial charge in [-0.25, -0.2) is 0 Å². The fourth-order valence-corrected chi connectivity index (χ4v) is 5.39. The summed E-state index contributed by atoms with van der Waals surface area (Å²) in [5.41, 5.74) is 2.96. The number of hydrogen-bond donors (Lipinski definition) is 1. The molecule has 0 spiro atoms. The number of methoxy groups -OCH3 is 3. The number of benzene rings is 3. The van der Waals surface area contributed by atoms with E-state index in [1.165, 1.54) is 5.56 Å². The highest BCUT2D eigenvalue weighted by Crippen LogP contribution is 2.52. The van der Waals surface area contributed by atoms with Gasteiger partial charge >= 0.3 is 0 Å². The molecule has 7 heteroatoms. The van der Waals surface area contributed by atoms with Crippen LogP contribution in [0.5, 0.6) is 23.0 Å². The van der Waals surface area contributed by atoms with Crippen LogP contribution in [0.4, 0.5) is 0 Å². The lowest BCUT2D eigenvalue weighted by molar-refractivity contribution is -0.123. The summed E-state index contributed by atoms with van der Waals surface area (Å²) >= 11 is 0. The molecular weight excluding hydrogens is 496 g/mol. The monoisotopic (exact) mass is 536 g/mol. The van der Waals surface area contributed by atoms with Crippen molar-refractivity contribution in [3.05, 3.63) is 83.4 Å². The fraction of sp³-hybridized carbons (Fsp3) is 0.438. The van der Waals surface area contributed by atoms with Gasteiger partial charge in [-0.1, -0.05) is 30.3 Å². The van der Waals surface area contributed by atoms with Crippen LogP contribution in [0.2, 0.25) is 0 Å². The van der Waals surface area contributed by atoms with Crippen LogP contribution in [0.3, 0.4) is 0 Å². The van der Waals surface area contributed by atoms with Gasteiger partial charge < -0.3 is 33.5 Å². The lowest BCUT2D eigenvalue weighted by Gasteiger charge is -2.47. The van der Waals surface area contributed by atoms with Crippen LogP contribution < -0.4 is 18.9 Å². The Hall–Kier alpha value is -3.26. The maximum atomic E-state index is 9.05. The van der Waals surface area contributed by atoms with E-state index in [4.69, 9.17) is 33.5 Å². The summed E-state index contributed by atoms with van der Waals surface area (Å²) in [6, 6.07) is 22.2. The summed E-state index contributed by atoms with van der Waals surface area (Å²) in [6.07, 6.45) is 2.85. The molecule has 3 unspecified atom stereocenters. The SMILES string of the molecule is COCOc1ccc(C2(C)C(OC)Oc3cc(OC)ccc3C2CCCOc2ccc(CCCO)cc2)cc1.